The molecule has 19 heavy (non-hydrogen) atoms. The van der Waals surface area contributed by atoms with Gasteiger partial charge in [0.1, 0.15) is 0 Å². The van der Waals surface area contributed by atoms with E-state index in [9.17, 15) is 0 Å². The molecular formula is C17H23NS. The summed E-state index contributed by atoms with van der Waals surface area (Å²) in [5, 5.41) is 3.61. The lowest BCUT2D eigenvalue weighted by atomic mass is 9.97. The number of aryl methyl sites for hydroxylation is 3. The van der Waals surface area contributed by atoms with E-state index in [2.05, 4.69) is 63.3 Å². The van der Waals surface area contributed by atoms with Crippen LogP contribution >= 0.6 is 11.3 Å². The van der Waals surface area contributed by atoms with E-state index in [1.807, 2.05) is 11.3 Å². The normalized spacial score (nSPS) is 12.6. The highest BCUT2D eigenvalue weighted by Gasteiger charge is 2.16. The number of thiophene rings is 1. The average Bonchev–Trinajstić information content (AvgIpc) is 2.75. The molecule has 0 spiro atoms. The highest BCUT2D eigenvalue weighted by atomic mass is 32.1. The smallest absolute Gasteiger partial charge is 0.0587 e. The highest BCUT2D eigenvalue weighted by Crippen LogP contribution is 2.30. The van der Waals surface area contributed by atoms with Crippen molar-refractivity contribution in [2.45, 2.75) is 40.2 Å². The molecule has 2 aromatic rings. The van der Waals surface area contributed by atoms with E-state index in [-0.39, 0.29) is 0 Å². The van der Waals surface area contributed by atoms with Crippen LogP contribution in [0.1, 0.15) is 46.3 Å². The zero-order valence-electron chi connectivity index (χ0n) is 12.3. The summed E-state index contributed by atoms with van der Waals surface area (Å²) >= 11 is 1.89. The third-order valence-electron chi connectivity index (χ3n) is 3.52. The lowest BCUT2D eigenvalue weighted by Crippen LogP contribution is -2.22. The van der Waals surface area contributed by atoms with Crippen LogP contribution in [0.2, 0.25) is 0 Å². The summed E-state index contributed by atoms with van der Waals surface area (Å²) in [5.41, 5.74) is 4.19. The van der Waals surface area contributed by atoms with E-state index in [1.165, 1.54) is 26.4 Å². The van der Waals surface area contributed by atoms with Crippen LogP contribution in [-0.2, 0) is 6.42 Å². The molecule has 1 unspecified atom stereocenters. The average molecular weight is 273 g/mol. The molecule has 0 saturated heterocycles. The molecule has 0 bridgehead atoms. The third-order valence-corrected chi connectivity index (χ3v) is 4.50. The number of nitrogens with one attached hydrogen (secondary N) is 1. The Morgan fingerprint density at radius 3 is 2.26 bits per heavy atom. The van der Waals surface area contributed by atoms with Crippen molar-refractivity contribution in [3.05, 3.63) is 56.8 Å². The van der Waals surface area contributed by atoms with Gasteiger partial charge in [-0.3, -0.25) is 0 Å². The van der Waals surface area contributed by atoms with Crippen LogP contribution in [0.5, 0.6) is 0 Å². The first-order chi connectivity index (χ1) is 9.15. The van der Waals surface area contributed by atoms with E-state index in [0.717, 1.165) is 13.0 Å². The van der Waals surface area contributed by atoms with Crippen molar-refractivity contribution in [3.63, 3.8) is 0 Å². The second kappa shape index (κ2) is 6.36. The van der Waals surface area contributed by atoms with Crippen molar-refractivity contribution in [2.75, 3.05) is 6.54 Å². The number of hydrogen-bond donors (Lipinski definition) is 1. The monoisotopic (exact) mass is 273 g/mol. The van der Waals surface area contributed by atoms with Crippen molar-refractivity contribution in [1.29, 1.82) is 0 Å². The van der Waals surface area contributed by atoms with Crippen LogP contribution in [0.15, 0.2) is 30.3 Å². The minimum absolute atomic E-state index is 0.320. The SMILES string of the molecule is CCNC(c1ccc(CC)cc1)c1cc(C)sc1C. The van der Waals surface area contributed by atoms with Crippen LogP contribution < -0.4 is 5.32 Å². The molecule has 1 aromatic heterocycles. The van der Waals surface area contributed by atoms with Gasteiger partial charge in [0.05, 0.1) is 6.04 Å². The summed E-state index contributed by atoms with van der Waals surface area (Å²) in [4.78, 5) is 2.81. The molecule has 2 heteroatoms. The molecule has 102 valence electrons. The Morgan fingerprint density at radius 2 is 1.79 bits per heavy atom. The first kappa shape index (κ1) is 14.3. The first-order valence-corrected chi connectivity index (χ1v) is 7.86. The van der Waals surface area contributed by atoms with Gasteiger partial charge in [0.2, 0.25) is 0 Å². The Labute approximate surface area is 120 Å². The van der Waals surface area contributed by atoms with Gasteiger partial charge in [-0.1, -0.05) is 38.1 Å². The van der Waals surface area contributed by atoms with Crippen molar-refractivity contribution in [1.82, 2.24) is 5.32 Å². The minimum Gasteiger partial charge on any atom is -0.306 e. The Hall–Kier alpha value is -1.12. The van der Waals surface area contributed by atoms with Crippen molar-refractivity contribution in [2.24, 2.45) is 0 Å². The fraction of sp³-hybridized carbons (Fsp3) is 0.412. The van der Waals surface area contributed by atoms with Gasteiger partial charge in [-0.05, 0) is 49.6 Å². The van der Waals surface area contributed by atoms with Gasteiger partial charge in [-0.25, -0.2) is 0 Å². The van der Waals surface area contributed by atoms with Gasteiger partial charge in [0.15, 0.2) is 0 Å². The minimum atomic E-state index is 0.320. The summed E-state index contributed by atoms with van der Waals surface area (Å²) < 4.78 is 0. The van der Waals surface area contributed by atoms with Gasteiger partial charge in [-0.15, -0.1) is 11.3 Å². The second-order valence-corrected chi connectivity index (χ2v) is 6.41. The van der Waals surface area contributed by atoms with Crippen molar-refractivity contribution in [3.8, 4) is 0 Å². The Balaban J connectivity index is 2.36. The molecular weight excluding hydrogens is 250 g/mol. The lowest BCUT2D eigenvalue weighted by molar-refractivity contribution is 0.629. The summed E-state index contributed by atoms with van der Waals surface area (Å²) in [6.07, 6.45) is 1.10. The van der Waals surface area contributed by atoms with Crippen LogP contribution in [-0.4, -0.2) is 6.54 Å². The molecule has 0 aliphatic heterocycles. The zero-order valence-corrected chi connectivity index (χ0v) is 13.1. The highest BCUT2D eigenvalue weighted by molar-refractivity contribution is 7.12. The van der Waals surface area contributed by atoms with Crippen molar-refractivity contribution < 1.29 is 0 Å². The molecule has 1 atom stereocenters. The summed E-state index contributed by atoms with van der Waals surface area (Å²) in [6, 6.07) is 11.7. The van der Waals surface area contributed by atoms with Crippen LogP contribution in [0.3, 0.4) is 0 Å². The standard InChI is InChI=1S/C17H23NS/c1-5-14-7-9-15(10-8-14)17(18-6-2)16-11-12(3)19-13(16)4/h7-11,17-18H,5-6H2,1-4H3. The van der Waals surface area contributed by atoms with Crippen LogP contribution in [0, 0.1) is 13.8 Å². The predicted octanol–water partition coefficient (Wildman–Crippen LogP) is 4.63. The van der Waals surface area contributed by atoms with E-state index < -0.39 is 0 Å². The maximum Gasteiger partial charge on any atom is 0.0587 e. The molecule has 0 aliphatic rings. The first-order valence-electron chi connectivity index (χ1n) is 7.04. The third kappa shape index (κ3) is 3.26. The second-order valence-electron chi connectivity index (χ2n) is 4.95. The molecule has 1 nitrogen and oxygen atoms in total. The molecule has 0 radical (unpaired) electrons. The fourth-order valence-electron chi connectivity index (χ4n) is 2.49. The predicted molar refractivity (Wildman–Crippen MR) is 85.1 cm³/mol. The maximum absolute atomic E-state index is 3.61. The lowest BCUT2D eigenvalue weighted by Gasteiger charge is -2.19. The van der Waals surface area contributed by atoms with Crippen LogP contribution in [0.4, 0.5) is 0 Å². The van der Waals surface area contributed by atoms with Gasteiger partial charge < -0.3 is 5.32 Å². The van der Waals surface area contributed by atoms with E-state index in [1.54, 1.807) is 0 Å². The molecule has 2 rings (SSSR count). The van der Waals surface area contributed by atoms with E-state index in [4.69, 9.17) is 0 Å². The molecule has 0 fully saturated rings. The summed E-state index contributed by atoms with van der Waals surface area (Å²) in [6.45, 7) is 9.75. The summed E-state index contributed by atoms with van der Waals surface area (Å²) in [5.74, 6) is 0. The van der Waals surface area contributed by atoms with Crippen molar-refractivity contribution >= 4 is 11.3 Å². The van der Waals surface area contributed by atoms with Crippen LogP contribution in [0.25, 0.3) is 0 Å². The summed E-state index contributed by atoms with van der Waals surface area (Å²) in [7, 11) is 0. The van der Waals surface area contributed by atoms with Gasteiger partial charge in [-0.2, -0.15) is 0 Å². The fourth-order valence-corrected chi connectivity index (χ4v) is 3.46. The zero-order chi connectivity index (χ0) is 13.8. The molecule has 1 aromatic carbocycles. The van der Waals surface area contributed by atoms with Gasteiger partial charge in [0, 0.05) is 9.75 Å². The molecule has 1 heterocycles. The number of benzene rings is 1. The maximum atomic E-state index is 3.61. The topological polar surface area (TPSA) is 12.0 Å². The molecule has 1 N–H and O–H groups in total. The number of rotatable bonds is 5. The van der Waals surface area contributed by atoms with Gasteiger partial charge >= 0.3 is 0 Å². The number of hydrogen-bond acceptors (Lipinski definition) is 2. The molecule has 0 aliphatic carbocycles. The van der Waals surface area contributed by atoms with E-state index in [0.29, 0.717) is 6.04 Å². The Bertz CT molecular complexity index is 525. The molecule has 0 saturated carbocycles. The molecule has 0 amide bonds. The Kier molecular flexibility index (Phi) is 4.78. The van der Waals surface area contributed by atoms with Gasteiger partial charge in [0.25, 0.3) is 0 Å². The Morgan fingerprint density at radius 1 is 1.11 bits per heavy atom. The van der Waals surface area contributed by atoms with E-state index >= 15 is 0 Å². The quantitative estimate of drug-likeness (QED) is 0.837. The largest absolute Gasteiger partial charge is 0.306 e.